The van der Waals surface area contributed by atoms with E-state index in [0.29, 0.717) is 11.1 Å². The van der Waals surface area contributed by atoms with Gasteiger partial charge in [0.1, 0.15) is 5.75 Å². The first kappa shape index (κ1) is 13.9. The van der Waals surface area contributed by atoms with Crippen LogP contribution in [0, 0.1) is 0 Å². The van der Waals surface area contributed by atoms with Gasteiger partial charge in [-0.25, -0.2) is 4.79 Å². The second-order valence-electron chi connectivity index (χ2n) is 3.25. The predicted molar refractivity (Wildman–Crippen MR) is 64.6 cm³/mol. The number of carbonyl (C=O) groups excluding carboxylic acids is 1. The zero-order chi connectivity index (χ0) is 13.7. The Bertz CT molecular complexity index is 481. The fourth-order valence-electron chi connectivity index (χ4n) is 1.49. The van der Waals surface area contributed by atoms with E-state index in [1.54, 1.807) is 0 Å². The van der Waals surface area contributed by atoms with Gasteiger partial charge in [-0.1, -0.05) is 25.3 Å². The molecule has 0 unspecified atom stereocenters. The van der Waals surface area contributed by atoms with Crippen molar-refractivity contribution in [3.63, 3.8) is 0 Å². The lowest BCUT2D eigenvalue weighted by atomic mass is 10.0. The molecule has 0 radical (unpaired) electrons. The van der Waals surface area contributed by atoms with Crippen molar-refractivity contribution in [2.24, 2.45) is 0 Å². The van der Waals surface area contributed by atoms with E-state index in [1.165, 1.54) is 31.4 Å². The zero-order valence-corrected chi connectivity index (χ0v) is 9.78. The molecule has 1 aromatic carbocycles. The van der Waals surface area contributed by atoms with Gasteiger partial charge in [0.05, 0.1) is 12.7 Å². The van der Waals surface area contributed by atoms with Gasteiger partial charge in [0, 0.05) is 0 Å². The van der Waals surface area contributed by atoms with Crippen LogP contribution in [0.3, 0.4) is 0 Å². The summed E-state index contributed by atoms with van der Waals surface area (Å²) in [6.07, 6.45) is 2.84. The maximum Gasteiger partial charge on any atom is 0.387 e. The minimum absolute atomic E-state index is 0.0977. The summed E-state index contributed by atoms with van der Waals surface area (Å²) < 4.78 is 33.2. The number of ether oxygens (including phenoxy) is 2. The quantitative estimate of drug-likeness (QED) is 0.756. The highest BCUT2D eigenvalue weighted by atomic mass is 19.3. The monoisotopic (exact) mass is 254 g/mol. The predicted octanol–water partition coefficient (Wildman–Crippen LogP) is 3.36. The van der Waals surface area contributed by atoms with E-state index in [-0.39, 0.29) is 11.3 Å². The molecule has 0 aliphatic rings. The molecular formula is C13H12F2O3. The Labute approximate surface area is 103 Å². The molecule has 5 heteroatoms. The maximum atomic E-state index is 12.2. The van der Waals surface area contributed by atoms with E-state index in [9.17, 15) is 13.6 Å². The molecule has 1 rings (SSSR count). The van der Waals surface area contributed by atoms with E-state index in [4.69, 9.17) is 0 Å². The Morgan fingerprint density at radius 2 is 2.00 bits per heavy atom. The minimum Gasteiger partial charge on any atom is -0.465 e. The third-order valence-corrected chi connectivity index (χ3v) is 2.24. The zero-order valence-electron chi connectivity index (χ0n) is 9.78. The van der Waals surface area contributed by atoms with Crippen molar-refractivity contribution in [1.29, 1.82) is 0 Å². The van der Waals surface area contributed by atoms with Crippen molar-refractivity contribution < 1.29 is 23.0 Å². The molecule has 0 aliphatic carbocycles. The molecule has 0 saturated heterocycles. The average Bonchev–Trinajstić information content (AvgIpc) is 2.35. The van der Waals surface area contributed by atoms with Crippen LogP contribution in [0.15, 0.2) is 25.3 Å². The first-order valence-electron chi connectivity index (χ1n) is 4.99. The molecule has 96 valence electrons. The van der Waals surface area contributed by atoms with Gasteiger partial charge in [0.15, 0.2) is 0 Å². The molecule has 3 nitrogen and oxygen atoms in total. The topological polar surface area (TPSA) is 35.5 Å². The molecule has 0 aromatic heterocycles. The summed E-state index contributed by atoms with van der Waals surface area (Å²) in [5.41, 5.74) is 1.02. The second-order valence-corrected chi connectivity index (χ2v) is 3.25. The third kappa shape index (κ3) is 2.94. The van der Waals surface area contributed by atoms with E-state index >= 15 is 0 Å². The van der Waals surface area contributed by atoms with Crippen LogP contribution in [0.1, 0.15) is 21.5 Å². The number of halogens is 2. The van der Waals surface area contributed by atoms with Gasteiger partial charge in [-0.05, 0) is 23.3 Å². The highest BCUT2D eigenvalue weighted by Crippen LogP contribution is 2.26. The highest BCUT2D eigenvalue weighted by molar-refractivity contribution is 5.95. The largest absolute Gasteiger partial charge is 0.465 e. The van der Waals surface area contributed by atoms with E-state index in [0.717, 1.165) is 0 Å². The number of esters is 1. The summed E-state index contributed by atoms with van der Waals surface area (Å²) in [7, 11) is 1.20. The number of alkyl halides is 2. The normalized spacial score (nSPS) is 10.0. The molecule has 0 aliphatic heterocycles. The van der Waals surface area contributed by atoms with Crippen molar-refractivity contribution in [1.82, 2.24) is 0 Å². The number of methoxy groups -OCH3 is 1. The molecule has 0 saturated carbocycles. The number of hydrogen-bond acceptors (Lipinski definition) is 3. The van der Waals surface area contributed by atoms with Crippen LogP contribution in [0.5, 0.6) is 5.75 Å². The lowest BCUT2D eigenvalue weighted by Gasteiger charge is -2.12. The third-order valence-electron chi connectivity index (χ3n) is 2.24. The average molecular weight is 254 g/mol. The molecule has 1 aromatic rings. The Morgan fingerprint density at radius 1 is 1.33 bits per heavy atom. The Morgan fingerprint density at radius 3 is 2.44 bits per heavy atom. The fourth-order valence-corrected chi connectivity index (χ4v) is 1.49. The summed E-state index contributed by atoms with van der Waals surface area (Å²) >= 11 is 0. The van der Waals surface area contributed by atoms with Gasteiger partial charge in [-0.15, -0.1) is 0 Å². The van der Waals surface area contributed by atoms with Crippen LogP contribution in [-0.4, -0.2) is 19.7 Å². The van der Waals surface area contributed by atoms with Gasteiger partial charge in [-0.3, -0.25) is 0 Å². The standard InChI is InChI=1S/C13H12F2O3/c1-4-8-6-9(18-13(14)15)7-11(10(8)5-2)12(16)17-3/h4-7,13H,1-2H2,3H3. The SMILES string of the molecule is C=Cc1cc(OC(F)F)cc(C(=O)OC)c1C=C. The van der Waals surface area contributed by atoms with Gasteiger partial charge in [0.25, 0.3) is 0 Å². The van der Waals surface area contributed by atoms with Crippen LogP contribution in [0.4, 0.5) is 8.78 Å². The molecule has 0 fully saturated rings. The first-order valence-corrected chi connectivity index (χ1v) is 4.99. The molecule has 0 atom stereocenters. The number of hydrogen-bond donors (Lipinski definition) is 0. The molecule has 0 N–H and O–H groups in total. The maximum absolute atomic E-state index is 12.2. The number of carbonyl (C=O) groups is 1. The Balaban J connectivity index is 3.40. The van der Waals surface area contributed by atoms with Crippen LogP contribution >= 0.6 is 0 Å². The van der Waals surface area contributed by atoms with E-state index in [1.807, 2.05) is 0 Å². The molecule has 0 heterocycles. The molecular weight excluding hydrogens is 242 g/mol. The fraction of sp³-hybridized carbons (Fsp3) is 0.154. The van der Waals surface area contributed by atoms with Crippen LogP contribution in [0.2, 0.25) is 0 Å². The smallest absolute Gasteiger partial charge is 0.387 e. The van der Waals surface area contributed by atoms with Crippen molar-refractivity contribution in [3.05, 3.63) is 42.0 Å². The molecule has 18 heavy (non-hydrogen) atoms. The van der Waals surface area contributed by atoms with Crippen molar-refractivity contribution in [2.75, 3.05) is 7.11 Å². The first-order chi connectivity index (χ1) is 8.53. The lowest BCUT2D eigenvalue weighted by Crippen LogP contribution is -2.08. The van der Waals surface area contributed by atoms with Crippen LogP contribution in [0.25, 0.3) is 12.2 Å². The van der Waals surface area contributed by atoms with Crippen molar-refractivity contribution in [2.45, 2.75) is 6.61 Å². The van der Waals surface area contributed by atoms with Crippen molar-refractivity contribution in [3.8, 4) is 5.75 Å². The molecule has 0 amide bonds. The van der Waals surface area contributed by atoms with Gasteiger partial charge >= 0.3 is 12.6 Å². The van der Waals surface area contributed by atoms with Gasteiger partial charge < -0.3 is 9.47 Å². The molecule has 0 spiro atoms. The minimum atomic E-state index is -2.97. The van der Waals surface area contributed by atoms with Crippen LogP contribution < -0.4 is 4.74 Å². The summed E-state index contributed by atoms with van der Waals surface area (Å²) in [5, 5.41) is 0. The Hall–Kier alpha value is -2.17. The van der Waals surface area contributed by atoms with Crippen molar-refractivity contribution >= 4 is 18.1 Å². The summed E-state index contributed by atoms with van der Waals surface area (Å²) in [5.74, 6) is -0.793. The molecule has 0 bridgehead atoms. The van der Waals surface area contributed by atoms with Gasteiger partial charge in [-0.2, -0.15) is 8.78 Å². The summed E-state index contributed by atoms with van der Waals surface area (Å²) in [6.45, 7) is 4.14. The summed E-state index contributed by atoms with van der Waals surface area (Å²) in [6, 6.07) is 2.53. The Kier molecular flexibility index (Phi) is 4.59. The summed E-state index contributed by atoms with van der Waals surface area (Å²) in [4.78, 5) is 11.6. The second kappa shape index (κ2) is 5.95. The highest BCUT2D eigenvalue weighted by Gasteiger charge is 2.16. The van der Waals surface area contributed by atoms with E-state index in [2.05, 4.69) is 22.6 Å². The number of rotatable bonds is 5. The van der Waals surface area contributed by atoms with Gasteiger partial charge in [0.2, 0.25) is 0 Å². The number of benzene rings is 1. The van der Waals surface area contributed by atoms with E-state index < -0.39 is 12.6 Å². The lowest BCUT2D eigenvalue weighted by molar-refractivity contribution is -0.0499. The van der Waals surface area contributed by atoms with Crippen LogP contribution in [-0.2, 0) is 4.74 Å².